The van der Waals surface area contributed by atoms with Crippen molar-refractivity contribution < 1.29 is 13.2 Å². The zero-order valence-corrected chi connectivity index (χ0v) is 18.3. The van der Waals surface area contributed by atoms with Crippen LogP contribution in [0.15, 0.2) is 69.3 Å². The molecule has 4 heterocycles. The van der Waals surface area contributed by atoms with Crippen molar-refractivity contribution in [2.45, 2.75) is 42.2 Å². The van der Waals surface area contributed by atoms with Crippen LogP contribution in [0.3, 0.4) is 0 Å². The van der Waals surface area contributed by atoms with Gasteiger partial charge in [-0.15, -0.1) is 0 Å². The molecule has 0 radical (unpaired) electrons. The minimum absolute atomic E-state index is 0.0706. The van der Waals surface area contributed by atoms with E-state index in [0.29, 0.717) is 12.3 Å². The van der Waals surface area contributed by atoms with E-state index in [4.69, 9.17) is 15.1 Å². The van der Waals surface area contributed by atoms with Crippen LogP contribution >= 0.6 is 0 Å². The summed E-state index contributed by atoms with van der Waals surface area (Å²) in [6, 6.07) is 12.8. The van der Waals surface area contributed by atoms with Gasteiger partial charge in [0.2, 0.25) is 9.84 Å². The van der Waals surface area contributed by atoms with Crippen molar-refractivity contribution in [1.29, 1.82) is 5.41 Å². The van der Waals surface area contributed by atoms with E-state index < -0.39 is 9.84 Å². The molecule has 1 atom stereocenters. The van der Waals surface area contributed by atoms with Gasteiger partial charge in [0.15, 0.2) is 0 Å². The third kappa shape index (κ3) is 3.25. The van der Waals surface area contributed by atoms with Crippen molar-refractivity contribution in [3.05, 3.63) is 76.1 Å². The van der Waals surface area contributed by atoms with Gasteiger partial charge in [-0.3, -0.25) is 14.6 Å². The number of nitrogens with one attached hydrogen (secondary N) is 1. The number of pyridine rings is 2. The molecule has 1 saturated heterocycles. The SMILES string of the molecule is Cc1cccn2c(=O)c3cc(S(=O)(=O)c4ccccc4)c(=N)n(C[C@H]4CCCO4)c3nc12. The summed E-state index contributed by atoms with van der Waals surface area (Å²) in [4.78, 5) is 17.9. The quantitative estimate of drug-likeness (QED) is 0.481. The molecule has 0 spiro atoms. The number of aryl methyl sites for hydroxylation is 1. The minimum atomic E-state index is -4.02. The molecule has 1 aromatic carbocycles. The summed E-state index contributed by atoms with van der Waals surface area (Å²) >= 11 is 0. The fourth-order valence-corrected chi connectivity index (χ4v) is 5.58. The number of hydrogen-bond acceptors (Lipinski definition) is 6. The van der Waals surface area contributed by atoms with Crippen molar-refractivity contribution >= 4 is 26.5 Å². The molecule has 164 valence electrons. The third-order valence-electron chi connectivity index (χ3n) is 5.85. The highest BCUT2D eigenvalue weighted by Gasteiger charge is 2.26. The number of sulfone groups is 1. The van der Waals surface area contributed by atoms with Crippen molar-refractivity contribution in [2.24, 2.45) is 0 Å². The summed E-state index contributed by atoms with van der Waals surface area (Å²) in [6.45, 7) is 2.73. The van der Waals surface area contributed by atoms with Crippen LogP contribution in [0, 0.1) is 12.3 Å². The van der Waals surface area contributed by atoms with Gasteiger partial charge in [-0.05, 0) is 49.6 Å². The lowest BCUT2D eigenvalue weighted by Crippen LogP contribution is -2.33. The van der Waals surface area contributed by atoms with Gasteiger partial charge in [0, 0.05) is 12.8 Å². The van der Waals surface area contributed by atoms with Gasteiger partial charge < -0.3 is 9.30 Å². The molecule has 0 aliphatic carbocycles. The molecule has 1 aliphatic heterocycles. The zero-order valence-electron chi connectivity index (χ0n) is 17.5. The Balaban J connectivity index is 1.88. The van der Waals surface area contributed by atoms with Crippen LogP contribution in [-0.2, 0) is 21.1 Å². The highest BCUT2D eigenvalue weighted by atomic mass is 32.2. The van der Waals surface area contributed by atoms with Crippen LogP contribution in [0.5, 0.6) is 0 Å². The highest BCUT2D eigenvalue weighted by molar-refractivity contribution is 7.91. The van der Waals surface area contributed by atoms with E-state index >= 15 is 0 Å². The van der Waals surface area contributed by atoms with Crippen LogP contribution in [0.25, 0.3) is 16.7 Å². The molecule has 32 heavy (non-hydrogen) atoms. The van der Waals surface area contributed by atoms with E-state index in [-0.39, 0.29) is 44.5 Å². The first-order chi connectivity index (χ1) is 15.4. The summed E-state index contributed by atoms with van der Waals surface area (Å²) in [5.41, 5.74) is 0.990. The maximum absolute atomic E-state index is 13.4. The van der Waals surface area contributed by atoms with Crippen molar-refractivity contribution in [3.8, 4) is 0 Å². The number of rotatable bonds is 4. The van der Waals surface area contributed by atoms with E-state index in [2.05, 4.69) is 0 Å². The molecular weight excluding hydrogens is 428 g/mol. The first-order valence-corrected chi connectivity index (χ1v) is 11.9. The molecule has 1 aliphatic rings. The molecule has 8 nitrogen and oxygen atoms in total. The molecule has 0 saturated carbocycles. The Morgan fingerprint density at radius 2 is 1.94 bits per heavy atom. The number of aromatic nitrogens is 3. The van der Waals surface area contributed by atoms with Crippen molar-refractivity contribution in [1.82, 2.24) is 14.0 Å². The van der Waals surface area contributed by atoms with Crippen LogP contribution in [-0.4, -0.2) is 35.1 Å². The van der Waals surface area contributed by atoms with Gasteiger partial charge in [0.05, 0.1) is 22.9 Å². The largest absolute Gasteiger partial charge is 0.376 e. The average Bonchev–Trinajstić information content (AvgIpc) is 3.30. The van der Waals surface area contributed by atoms with E-state index in [0.717, 1.165) is 18.4 Å². The van der Waals surface area contributed by atoms with Gasteiger partial charge in [0.25, 0.3) is 5.56 Å². The molecule has 0 unspecified atom stereocenters. The number of ether oxygens (including phenoxy) is 1. The Bertz CT molecular complexity index is 1570. The third-order valence-corrected chi connectivity index (χ3v) is 7.63. The van der Waals surface area contributed by atoms with E-state index in [9.17, 15) is 13.2 Å². The smallest absolute Gasteiger partial charge is 0.267 e. The average molecular weight is 451 g/mol. The monoisotopic (exact) mass is 450 g/mol. The Morgan fingerprint density at radius 1 is 1.16 bits per heavy atom. The van der Waals surface area contributed by atoms with E-state index in [1.165, 1.54) is 27.2 Å². The summed E-state index contributed by atoms with van der Waals surface area (Å²) in [5, 5.41) is 8.96. The molecule has 4 aromatic rings. The van der Waals surface area contributed by atoms with Crippen LogP contribution in [0.4, 0.5) is 0 Å². The van der Waals surface area contributed by atoms with Crippen molar-refractivity contribution in [2.75, 3.05) is 6.61 Å². The first kappa shape index (κ1) is 20.6. The summed E-state index contributed by atoms with van der Waals surface area (Å²) in [5.74, 6) is 0. The number of nitrogens with zero attached hydrogens (tertiary/aromatic N) is 3. The molecule has 0 amide bonds. The topological polar surface area (TPSA) is 107 Å². The second-order valence-corrected chi connectivity index (χ2v) is 9.88. The molecule has 1 N–H and O–H groups in total. The normalized spacial score (nSPS) is 16.7. The predicted molar refractivity (Wildman–Crippen MR) is 118 cm³/mol. The van der Waals surface area contributed by atoms with Gasteiger partial charge in [-0.2, -0.15) is 0 Å². The second-order valence-electron chi connectivity index (χ2n) is 7.96. The van der Waals surface area contributed by atoms with E-state index in [1.54, 1.807) is 30.5 Å². The standard InChI is InChI=1S/C23H22N4O4S/c1-15-7-5-11-26-21(15)25-22-18(23(26)28)13-19(32(29,30)17-9-3-2-4-10-17)20(24)27(22)14-16-8-6-12-31-16/h2-5,7,9-11,13,16,24H,6,8,12,14H2,1H3/t16-/m1/s1. The fraction of sp³-hybridized carbons (Fsp3) is 0.261. The maximum atomic E-state index is 13.4. The number of benzene rings is 1. The summed E-state index contributed by atoms with van der Waals surface area (Å²) in [7, 11) is -4.02. The molecule has 3 aromatic heterocycles. The zero-order chi connectivity index (χ0) is 22.5. The minimum Gasteiger partial charge on any atom is -0.376 e. The Morgan fingerprint density at radius 3 is 2.66 bits per heavy atom. The predicted octanol–water partition coefficient (Wildman–Crippen LogP) is 2.45. The maximum Gasteiger partial charge on any atom is 0.267 e. The van der Waals surface area contributed by atoms with Crippen LogP contribution in [0.2, 0.25) is 0 Å². The summed E-state index contributed by atoms with van der Waals surface area (Å²) in [6.07, 6.45) is 3.15. The van der Waals surface area contributed by atoms with Gasteiger partial charge in [-0.25, -0.2) is 13.4 Å². The van der Waals surface area contributed by atoms with Gasteiger partial charge in [0.1, 0.15) is 21.7 Å². The molecule has 1 fully saturated rings. The molecule has 5 rings (SSSR count). The van der Waals surface area contributed by atoms with Crippen LogP contribution in [0.1, 0.15) is 18.4 Å². The van der Waals surface area contributed by atoms with Gasteiger partial charge in [-0.1, -0.05) is 24.3 Å². The Labute approximate surface area is 184 Å². The molecular formula is C23H22N4O4S. The Hall–Kier alpha value is -3.30. The van der Waals surface area contributed by atoms with E-state index in [1.807, 2.05) is 13.0 Å². The van der Waals surface area contributed by atoms with Crippen LogP contribution < -0.4 is 11.0 Å². The van der Waals surface area contributed by atoms with Crippen molar-refractivity contribution in [3.63, 3.8) is 0 Å². The lowest BCUT2D eigenvalue weighted by Gasteiger charge is -2.18. The molecule has 9 heteroatoms. The Kier molecular flexibility index (Phi) is 4.94. The van der Waals surface area contributed by atoms with Gasteiger partial charge >= 0.3 is 0 Å². The summed E-state index contributed by atoms with van der Waals surface area (Å²) < 4.78 is 35.5. The fourth-order valence-electron chi connectivity index (χ4n) is 4.17. The lowest BCUT2D eigenvalue weighted by atomic mass is 10.2. The lowest BCUT2D eigenvalue weighted by molar-refractivity contribution is 0.0965. The second kappa shape index (κ2) is 7.68. The highest BCUT2D eigenvalue weighted by Crippen LogP contribution is 2.22. The number of fused-ring (bicyclic) bond motifs is 2. The first-order valence-electron chi connectivity index (χ1n) is 10.4. The number of hydrogen-bond donors (Lipinski definition) is 1. The molecule has 0 bridgehead atoms.